The molecule has 0 bridgehead atoms. The van der Waals surface area contributed by atoms with Gasteiger partial charge in [-0.15, -0.1) is 0 Å². The lowest BCUT2D eigenvalue weighted by Crippen LogP contribution is -1.87. The summed E-state index contributed by atoms with van der Waals surface area (Å²) in [5, 5.41) is 0. The van der Waals surface area contributed by atoms with Crippen LogP contribution in [0.25, 0.3) is 33.4 Å². The fraction of sp³-hybridized carbons (Fsp3) is 0.0400. The van der Waals surface area contributed by atoms with E-state index in [1.165, 1.54) is 38.9 Å². The van der Waals surface area contributed by atoms with Crippen molar-refractivity contribution in [3.8, 4) is 33.4 Å². The molecule has 0 heteroatoms. The van der Waals surface area contributed by atoms with Crippen molar-refractivity contribution >= 4 is 0 Å². The first-order chi connectivity index (χ1) is 12.3. The molecule has 0 amide bonds. The van der Waals surface area contributed by atoms with E-state index in [0.717, 1.165) is 0 Å². The SMILES string of the molecule is Cc1ccc(-c2ccc(-c3ccccc3)c(-c3ccccc3)c2)cc1. The van der Waals surface area contributed by atoms with Gasteiger partial charge in [-0.1, -0.05) is 103 Å². The molecule has 0 unspecified atom stereocenters. The van der Waals surface area contributed by atoms with Crippen LogP contribution in [-0.4, -0.2) is 0 Å². The van der Waals surface area contributed by atoms with Crippen molar-refractivity contribution in [3.05, 3.63) is 109 Å². The molecule has 0 aromatic heterocycles. The first-order valence-corrected chi connectivity index (χ1v) is 8.63. The van der Waals surface area contributed by atoms with Crippen molar-refractivity contribution in [2.75, 3.05) is 0 Å². The van der Waals surface area contributed by atoms with Gasteiger partial charge < -0.3 is 0 Å². The summed E-state index contributed by atoms with van der Waals surface area (Å²) >= 11 is 0. The molecule has 25 heavy (non-hydrogen) atoms. The summed E-state index contributed by atoms with van der Waals surface area (Å²) in [6.45, 7) is 2.12. The lowest BCUT2D eigenvalue weighted by atomic mass is 9.91. The zero-order valence-corrected chi connectivity index (χ0v) is 14.3. The maximum Gasteiger partial charge on any atom is -0.00992 e. The third-order valence-corrected chi connectivity index (χ3v) is 4.57. The maximum absolute atomic E-state index is 2.31. The molecule has 0 aliphatic heterocycles. The molecule has 0 saturated carbocycles. The quantitative estimate of drug-likeness (QED) is 0.381. The van der Waals surface area contributed by atoms with Crippen molar-refractivity contribution in [2.24, 2.45) is 0 Å². The van der Waals surface area contributed by atoms with E-state index in [9.17, 15) is 0 Å². The van der Waals surface area contributed by atoms with Crippen LogP contribution in [0.3, 0.4) is 0 Å². The van der Waals surface area contributed by atoms with E-state index in [2.05, 4.69) is 110 Å². The predicted molar refractivity (Wildman–Crippen MR) is 107 cm³/mol. The molecule has 0 atom stereocenters. The average Bonchev–Trinajstić information content (AvgIpc) is 2.69. The van der Waals surface area contributed by atoms with Crippen LogP contribution in [-0.2, 0) is 0 Å². The second kappa shape index (κ2) is 6.78. The van der Waals surface area contributed by atoms with Crippen molar-refractivity contribution in [2.45, 2.75) is 6.92 Å². The molecule has 0 nitrogen and oxygen atoms in total. The van der Waals surface area contributed by atoms with E-state index >= 15 is 0 Å². The molecule has 0 aliphatic carbocycles. The van der Waals surface area contributed by atoms with Crippen LogP contribution in [0.2, 0.25) is 0 Å². The normalized spacial score (nSPS) is 10.6. The minimum Gasteiger partial charge on any atom is -0.0622 e. The van der Waals surface area contributed by atoms with Gasteiger partial charge in [-0.2, -0.15) is 0 Å². The lowest BCUT2D eigenvalue weighted by molar-refractivity contribution is 1.47. The standard InChI is InChI=1S/C25H20/c1-19-12-14-20(15-13-19)23-16-17-24(21-8-4-2-5-9-21)25(18-23)22-10-6-3-7-11-22/h2-18H,1H3. The summed E-state index contributed by atoms with van der Waals surface area (Å²) in [7, 11) is 0. The molecule has 4 aromatic carbocycles. The maximum atomic E-state index is 2.31. The van der Waals surface area contributed by atoms with Gasteiger partial charge in [0.05, 0.1) is 0 Å². The third-order valence-electron chi connectivity index (χ3n) is 4.57. The van der Waals surface area contributed by atoms with Crippen LogP contribution in [0.5, 0.6) is 0 Å². The molecule has 4 aromatic rings. The van der Waals surface area contributed by atoms with Gasteiger partial charge in [0.1, 0.15) is 0 Å². The summed E-state index contributed by atoms with van der Waals surface area (Å²) in [6, 6.07) is 36.7. The highest BCUT2D eigenvalue weighted by molar-refractivity contribution is 5.87. The molecule has 0 heterocycles. The van der Waals surface area contributed by atoms with Gasteiger partial charge in [0.15, 0.2) is 0 Å². The fourth-order valence-corrected chi connectivity index (χ4v) is 3.20. The number of hydrogen-bond donors (Lipinski definition) is 0. The van der Waals surface area contributed by atoms with Crippen LogP contribution in [0.1, 0.15) is 5.56 Å². The van der Waals surface area contributed by atoms with E-state index in [1.54, 1.807) is 0 Å². The summed E-state index contributed by atoms with van der Waals surface area (Å²) < 4.78 is 0. The van der Waals surface area contributed by atoms with Gasteiger partial charge in [-0.3, -0.25) is 0 Å². The van der Waals surface area contributed by atoms with Crippen LogP contribution in [0.15, 0.2) is 103 Å². The Bertz CT molecular complexity index is 965. The molecule has 0 spiro atoms. The third kappa shape index (κ3) is 3.25. The van der Waals surface area contributed by atoms with Gasteiger partial charge in [0, 0.05) is 0 Å². The second-order valence-corrected chi connectivity index (χ2v) is 6.36. The van der Waals surface area contributed by atoms with E-state index in [0.29, 0.717) is 0 Å². The molecule has 120 valence electrons. The number of benzene rings is 4. The Labute approximate surface area is 149 Å². The van der Waals surface area contributed by atoms with Crippen LogP contribution < -0.4 is 0 Å². The van der Waals surface area contributed by atoms with Crippen LogP contribution in [0, 0.1) is 6.92 Å². The molecule has 0 radical (unpaired) electrons. The Hall–Kier alpha value is -3.12. The number of hydrogen-bond acceptors (Lipinski definition) is 0. The second-order valence-electron chi connectivity index (χ2n) is 6.36. The Morgan fingerprint density at radius 1 is 0.400 bits per heavy atom. The first-order valence-electron chi connectivity index (χ1n) is 8.63. The molecule has 0 saturated heterocycles. The van der Waals surface area contributed by atoms with Gasteiger partial charge in [0.2, 0.25) is 0 Å². The first kappa shape index (κ1) is 15.4. The van der Waals surface area contributed by atoms with Crippen molar-refractivity contribution in [1.29, 1.82) is 0 Å². The number of rotatable bonds is 3. The molecule has 0 fully saturated rings. The zero-order chi connectivity index (χ0) is 17.1. The minimum atomic E-state index is 1.25. The molecular formula is C25H20. The highest BCUT2D eigenvalue weighted by Gasteiger charge is 2.09. The van der Waals surface area contributed by atoms with E-state index in [1.807, 2.05) is 0 Å². The average molecular weight is 320 g/mol. The highest BCUT2D eigenvalue weighted by Crippen LogP contribution is 2.35. The van der Waals surface area contributed by atoms with Gasteiger partial charge in [0.25, 0.3) is 0 Å². The van der Waals surface area contributed by atoms with E-state index < -0.39 is 0 Å². The fourth-order valence-electron chi connectivity index (χ4n) is 3.20. The van der Waals surface area contributed by atoms with Crippen molar-refractivity contribution in [1.82, 2.24) is 0 Å². The Morgan fingerprint density at radius 2 is 0.920 bits per heavy atom. The number of aryl methyl sites for hydroxylation is 1. The molecule has 0 N–H and O–H groups in total. The van der Waals surface area contributed by atoms with Crippen molar-refractivity contribution < 1.29 is 0 Å². The molecule has 0 aliphatic rings. The van der Waals surface area contributed by atoms with Gasteiger partial charge >= 0.3 is 0 Å². The summed E-state index contributed by atoms with van der Waals surface area (Å²) in [4.78, 5) is 0. The van der Waals surface area contributed by atoms with Crippen LogP contribution in [0.4, 0.5) is 0 Å². The van der Waals surface area contributed by atoms with Crippen molar-refractivity contribution in [3.63, 3.8) is 0 Å². The lowest BCUT2D eigenvalue weighted by Gasteiger charge is -2.13. The van der Waals surface area contributed by atoms with Gasteiger partial charge in [-0.25, -0.2) is 0 Å². The summed E-state index contributed by atoms with van der Waals surface area (Å²) in [6.07, 6.45) is 0. The molecular weight excluding hydrogens is 300 g/mol. The largest absolute Gasteiger partial charge is 0.0622 e. The Balaban J connectivity index is 1.90. The van der Waals surface area contributed by atoms with E-state index in [4.69, 9.17) is 0 Å². The smallest absolute Gasteiger partial charge is 0.00992 e. The minimum absolute atomic E-state index is 1.25. The van der Waals surface area contributed by atoms with Gasteiger partial charge in [-0.05, 0) is 46.4 Å². The predicted octanol–water partition coefficient (Wildman–Crippen LogP) is 7.00. The summed E-state index contributed by atoms with van der Waals surface area (Å²) in [5.41, 5.74) is 8.81. The van der Waals surface area contributed by atoms with Crippen LogP contribution >= 0.6 is 0 Å². The molecule has 4 rings (SSSR count). The Morgan fingerprint density at radius 3 is 1.52 bits per heavy atom. The monoisotopic (exact) mass is 320 g/mol. The highest BCUT2D eigenvalue weighted by atomic mass is 14.1. The topological polar surface area (TPSA) is 0 Å². The van der Waals surface area contributed by atoms with E-state index in [-0.39, 0.29) is 0 Å². The zero-order valence-electron chi connectivity index (χ0n) is 14.3. The Kier molecular flexibility index (Phi) is 4.18. The summed E-state index contributed by atoms with van der Waals surface area (Å²) in [5.74, 6) is 0.